The zero-order valence-electron chi connectivity index (χ0n) is 19.1. The molecule has 1 N–H and O–H groups in total. The standard InChI is InChI=1S/C24H26BrN3O6S/c1-2-33-19-12-23(28(13-19)21(29)8-7-20-11-16(25)15-35-20)34-24(31)26-17-3-5-18(6-4-17)27-9-10-32-14-22(27)30/h3-8,11,15,19,23H,2,9-10,12-14H2,1H3,(H,26,31)/b8-7+/t19-,23-/m1/s1. The van der Waals surface area contributed by atoms with E-state index in [1.165, 1.54) is 22.3 Å². The second-order valence-electron chi connectivity index (χ2n) is 7.93. The molecule has 9 nitrogen and oxygen atoms in total. The lowest BCUT2D eigenvalue weighted by Gasteiger charge is -2.27. The molecule has 2 atom stereocenters. The number of anilines is 2. The molecule has 3 amide bonds. The van der Waals surface area contributed by atoms with Gasteiger partial charge in [0.05, 0.1) is 19.3 Å². The summed E-state index contributed by atoms with van der Waals surface area (Å²) in [6.45, 7) is 3.76. The van der Waals surface area contributed by atoms with Crippen molar-refractivity contribution in [1.82, 2.24) is 4.90 Å². The van der Waals surface area contributed by atoms with Crippen LogP contribution in [0.4, 0.5) is 16.2 Å². The minimum absolute atomic E-state index is 0.0612. The number of hydrogen-bond donors (Lipinski definition) is 1. The van der Waals surface area contributed by atoms with E-state index in [0.29, 0.717) is 38.4 Å². The zero-order chi connectivity index (χ0) is 24.8. The number of carbonyl (C=O) groups is 3. The van der Waals surface area contributed by atoms with Crippen molar-refractivity contribution >= 4 is 62.6 Å². The number of nitrogens with zero attached hydrogens (tertiary/aromatic N) is 2. The van der Waals surface area contributed by atoms with Gasteiger partial charge in [-0.1, -0.05) is 0 Å². The Morgan fingerprint density at radius 1 is 1.31 bits per heavy atom. The quantitative estimate of drug-likeness (QED) is 0.509. The van der Waals surface area contributed by atoms with Crippen molar-refractivity contribution < 1.29 is 28.6 Å². The number of ether oxygens (including phenoxy) is 3. The summed E-state index contributed by atoms with van der Waals surface area (Å²) >= 11 is 4.91. The van der Waals surface area contributed by atoms with E-state index in [-0.39, 0.29) is 24.5 Å². The predicted molar refractivity (Wildman–Crippen MR) is 136 cm³/mol. The van der Waals surface area contributed by atoms with E-state index in [0.717, 1.165) is 15.0 Å². The first-order chi connectivity index (χ1) is 16.9. The lowest BCUT2D eigenvalue weighted by Crippen LogP contribution is -2.41. The van der Waals surface area contributed by atoms with Gasteiger partial charge in [0.15, 0.2) is 6.23 Å². The molecule has 1 aromatic carbocycles. The van der Waals surface area contributed by atoms with Gasteiger partial charge >= 0.3 is 6.09 Å². The van der Waals surface area contributed by atoms with Crippen LogP contribution in [0.1, 0.15) is 18.2 Å². The van der Waals surface area contributed by atoms with Gasteiger partial charge in [0.1, 0.15) is 6.61 Å². The van der Waals surface area contributed by atoms with Crippen molar-refractivity contribution in [3.63, 3.8) is 0 Å². The molecule has 0 radical (unpaired) electrons. The summed E-state index contributed by atoms with van der Waals surface area (Å²) in [5, 5.41) is 4.62. The van der Waals surface area contributed by atoms with E-state index in [4.69, 9.17) is 14.2 Å². The Hall–Kier alpha value is -2.73. The van der Waals surface area contributed by atoms with Crippen LogP contribution < -0.4 is 10.2 Å². The van der Waals surface area contributed by atoms with Crippen LogP contribution in [0.15, 0.2) is 46.3 Å². The van der Waals surface area contributed by atoms with Gasteiger partial charge in [-0.25, -0.2) is 4.79 Å². The SMILES string of the molecule is CCO[C@@H]1C[C@@H](OC(=O)Nc2ccc(N3CCOCC3=O)cc2)N(C(=O)/C=C/c2cc(Br)cs2)C1. The maximum atomic E-state index is 12.9. The van der Waals surface area contributed by atoms with E-state index < -0.39 is 12.3 Å². The lowest BCUT2D eigenvalue weighted by molar-refractivity contribution is -0.132. The Morgan fingerprint density at radius 3 is 2.80 bits per heavy atom. The largest absolute Gasteiger partial charge is 0.425 e. The fraction of sp³-hybridized carbons (Fsp3) is 0.375. The maximum absolute atomic E-state index is 12.9. The maximum Gasteiger partial charge on any atom is 0.413 e. The molecule has 2 aromatic rings. The first-order valence-corrected chi connectivity index (χ1v) is 12.9. The summed E-state index contributed by atoms with van der Waals surface area (Å²) in [5.74, 6) is -0.360. The highest BCUT2D eigenvalue weighted by Crippen LogP contribution is 2.25. The third-order valence-electron chi connectivity index (χ3n) is 5.53. The van der Waals surface area contributed by atoms with Crippen LogP contribution in [0.25, 0.3) is 6.08 Å². The molecule has 0 saturated carbocycles. The van der Waals surface area contributed by atoms with Crippen LogP contribution in [-0.2, 0) is 23.8 Å². The zero-order valence-corrected chi connectivity index (χ0v) is 21.5. The van der Waals surface area contributed by atoms with Crippen molar-refractivity contribution in [3.05, 3.63) is 51.1 Å². The molecule has 0 bridgehead atoms. The van der Waals surface area contributed by atoms with Gasteiger partial charge in [-0.05, 0) is 59.3 Å². The highest BCUT2D eigenvalue weighted by Gasteiger charge is 2.37. The molecule has 2 aliphatic rings. The number of morpholine rings is 1. The summed E-state index contributed by atoms with van der Waals surface area (Å²) in [6, 6.07) is 8.82. The van der Waals surface area contributed by atoms with E-state index in [9.17, 15) is 14.4 Å². The average Bonchev–Trinajstić information content (AvgIpc) is 3.44. The fourth-order valence-electron chi connectivity index (χ4n) is 3.92. The topological polar surface area (TPSA) is 97.4 Å². The average molecular weight is 564 g/mol. The first kappa shape index (κ1) is 25.4. The summed E-state index contributed by atoms with van der Waals surface area (Å²) in [7, 11) is 0. The van der Waals surface area contributed by atoms with Crippen LogP contribution in [-0.4, -0.2) is 68.0 Å². The molecule has 3 heterocycles. The molecule has 2 saturated heterocycles. The Kier molecular flexibility index (Phi) is 8.55. The molecule has 11 heteroatoms. The molecule has 2 aliphatic heterocycles. The Balaban J connectivity index is 1.37. The number of nitrogens with one attached hydrogen (secondary N) is 1. The third-order valence-corrected chi connectivity index (χ3v) is 7.19. The highest BCUT2D eigenvalue weighted by molar-refractivity contribution is 9.10. The number of likely N-dealkylation sites (tertiary alicyclic amines) is 1. The molecule has 0 spiro atoms. The minimum atomic E-state index is -0.746. The van der Waals surface area contributed by atoms with E-state index in [1.807, 2.05) is 18.4 Å². The van der Waals surface area contributed by atoms with Gasteiger partial charge in [0.2, 0.25) is 5.91 Å². The van der Waals surface area contributed by atoms with E-state index >= 15 is 0 Å². The van der Waals surface area contributed by atoms with Gasteiger partial charge in [-0.3, -0.25) is 14.9 Å². The number of halogens is 1. The van der Waals surface area contributed by atoms with E-state index in [2.05, 4.69) is 21.2 Å². The van der Waals surface area contributed by atoms with Crippen molar-refractivity contribution in [2.75, 3.05) is 43.1 Å². The Morgan fingerprint density at radius 2 is 2.11 bits per heavy atom. The molecular formula is C24H26BrN3O6S. The molecule has 1 aromatic heterocycles. The minimum Gasteiger partial charge on any atom is -0.425 e. The molecule has 186 valence electrons. The number of hydrogen-bond acceptors (Lipinski definition) is 7. The normalized spacial score (nSPS) is 20.5. The monoisotopic (exact) mass is 563 g/mol. The van der Waals surface area contributed by atoms with Crippen molar-refractivity contribution in [1.29, 1.82) is 0 Å². The number of carbonyl (C=O) groups excluding carboxylic acids is 3. The third kappa shape index (κ3) is 6.69. The van der Waals surface area contributed by atoms with Gasteiger partial charge in [0, 0.05) is 51.8 Å². The van der Waals surface area contributed by atoms with Gasteiger partial charge in [0.25, 0.3) is 5.91 Å². The van der Waals surface area contributed by atoms with Crippen molar-refractivity contribution in [3.8, 4) is 0 Å². The summed E-state index contributed by atoms with van der Waals surface area (Å²) in [5.41, 5.74) is 1.24. The van der Waals surface area contributed by atoms with Crippen LogP contribution in [0, 0.1) is 0 Å². The Bertz CT molecular complexity index is 1090. The summed E-state index contributed by atoms with van der Waals surface area (Å²) in [4.78, 5) is 41.6. The highest BCUT2D eigenvalue weighted by atomic mass is 79.9. The smallest absolute Gasteiger partial charge is 0.413 e. The molecule has 4 rings (SSSR count). The number of amides is 3. The molecule has 35 heavy (non-hydrogen) atoms. The Labute approximate surface area is 215 Å². The number of rotatable bonds is 7. The molecule has 2 fully saturated rings. The van der Waals surface area contributed by atoms with Gasteiger partial charge in [-0.2, -0.15) is 0 Å². The molecule has 0 aliphatic carbocycles. The second-order valence-corrected chi connectivity index (χ2v) is 9.79. The van der Waals surface area contributed by atoms with E-state index in [1.54, 1.807) is 35.2 Å². The van der Waals surface area contributed by atoms with Gasteiger partial charge in [-0.15, -0.1) is 11.3 Å². The summed E-state index contributed by atoms with van der Waals surface area (Å²) in [6.07, 6.45) is 1.98. The summed E-state index contributed by atoms with van der Waals surface area (Å²) < 4.78 is 17.4. The van der Waals surface area contributed by atoms with Gasteiger partial charge < -0.3 is 24.0 Å². The first-order valence-electron chi connectivity index (χ1n) is 11.2. The second kappa shape index (κ2) is 11.8. The van der Waals surface area contributed by atoms with Crippen LogP contribution >= 0.6 is 27.3 Å². The van der Waals surface area contributed by atoms with Crippen LogP contribution in [0.5, 0.6) is 0 Å². The lowest BCUT2D eigenvalue weighted by atomic mass is 10.2. The fourth-order valence-corrected chi connectivity index (χ4v) is 5.25. The van der Waals surface area contributed by atoms with Crippen LogP contribution in [0.2, 0.25) is 0 Å². The number of benzene rings is 1. The van der Waals surface area contributed by atoms with Crippen LogP contribution in [0.3, 0.4) is 0 Å². The predicted octanol–water partition coefficient (Wildman–Crippen LogP) is 4.10. The van der Waals surface area contributed by atoms with Crippen molar-refractivity contribution in [2.24, 2.45) is 0 Å². The number of thiophene rings is 1. The van der Waals surface area contributed by atoms with Crippen molar-refractivity contribution in [2.45, 2.75) is 25.7 Å². The molecular weight excluding hydrogens is 538 g/mol. The molecule has 0 unspecified atom stereocenters.